The van der Waals surface area contributed by atoms with Crippen LogP contribution in [0.3, 0.4) is 0 Å². The zero-order valence-corrected chi connectivity index (χ0v) is 13.2. The molecule has 0 unspecified atom stereocenters. The minimum absolute atomic E-state index is 0.191. The average Bonchev–Trinajstić information content (AvgIpc) is 2.40. The molecule has 2 nitrogen and oxygen atoms in total. The third kappa shape index (κ3) is 3.96. The molecule has 0 bridgehead atoms. The predicted octanol–water partition coefficient (Wildman–Crippen LogP) is 4.39. The molecule has 0 saturated heterocycles. The number of hydrogen-bond acceptors (Lipinski definition) is 2. The Kier molecular flexibility index (Phi) is 5.21. The summed E-state index contributed by atoms with van der Waals surface area (Å²) in [6.07, 6.45) is 0. The molecule has 2 aromatic carbocycles. The molecule has 0 atom stereocenters. The van der Waals surface area contributed by atoms with Crippen LogP contribution in [0, 0.1) is 19.7 Å². The van der Waals surface area contributed by atoms with E-state index in [1.165, 1.54) is 11.6 Å². The molecule has 0 aliphatic rings. The fourth-order valence-electron chi connectivity index (χ4n) is 2.36. The molecule has 0 saturated carbocycles. The number of aryl methyl sites for hydroxylation is 2. The first kappa shape index (κ1) is 15.8. The lowest BCUT2D eigenvalue weighted by Gasteiger charge is -2.14. The van der Waals surface area contributed by atoms with Gasteiger partial charge in [-0.15, -0.1) is 0 Å². The van der Waals surface area contributed by atoms with Gasteiger partial charge in [-0.2, -0.15) is 0 Å². The summed E-state index contributed by atoms with van der Waals surface area (Å²) in [5.74, 6) is 0.466. The summed E-state index contributed by atoms with van der Waals surface area (Å²) < 4.78 is 19.6. The normalized spacial score (nSPS) is 10.7. The first-order chi connectivity index (χ1) is 10.0. The summed E-state index contributed by atoms with van der Waals surface area (Å²) in [4.78, 5) is 0. The minimum Gasteiger partial charge on any atom is -0.488 e. The monoisotopic (exact) mass is 307 g/mol. The van der Waals surface area contributed by atoms with Gasteiger partial charge in [-0.05, 0) is 49.7 Å². The Balaban J connectivity index is 2.16. The lowest BCUT2D eigenvalue weighted by Crippen LogP contribution is -2.07. The van der Waals surface area contributed by atoms with Crippen LogP contribution in [-0.2, 0) is 13.2 Å². The van der Waals surface area contributed by atoms with Crippen LogP contribution >= 0.6 is 11.6 Å². The largest absolute Gasteiger partial charge is 0.488 e. The minimum atomic E-state index is -0.343. The number of halogens is 2. The maximum Gasteiger partial charge on any atom is 0.131 e. The van der Waals surface area contributed by atoms with Crippen molar-refractivity contribution in [2.24, 2.45) is 0 Å². The number of hydrogen-bond donors (Lipinski definition) is 1. The van der Waals surface area contributed by atoms with Gasteiger partial charge in [0, 0.05) is 17.1 Å². The quantitative estimate of drug-likeness (QED) is 0.884. The van der Waals surface area contributed by atoms with Gasteiger partial charge in [0.15, 0.2) is 0 Å². The van der Waals surface area contributed by atoms with Gasteiger partial charge in [0.1, 0.15) is 18.2 Å². The van der Waals surface area contributed by atoms with Gasteiger partial charge in [0.05, 0.1) is 0 Å². The van der Waals surface area contributed by atoms with E-state index in [4.69, 9.17) is 16.3 Å². The van der Waals surface area contributed by atoms with Crippen LogP contribution in [0.4, 0.5) is 4.39 Å². The molecule has 21 heavy (non-hydrogen) atoms. The van der Waals surface area contributed by atoms with Crippen LogP contribution < -0.4 is 10.1 Å². The molecule has 0 fully saturated rings. The van der Waals surface area contributed by atoms with E-state index in [0.29, 0.717) is 10.6 Å². The van der Waals surface area contributed by atoms with E-state index in [1.807, 2.05) is 20.9 Å². The lowest BCUT2D eigenvalue weighted by atomic mass is 10.1. The van der Waals surface area contributed by atoms with E-state index in [-0.39, 0.29) is 12.4 Å². The Bertz CT molecular complexity index is 620. The second kappa shape index (κ2) is 6.92. The molecule has 2 rings (SSSR count). The SMILES string of the molecule is CNCc1cc(C)c(OCc2ccc(Cl)cc2F)c(C)c1. The highest BCUT2D eigenvalue weighted by atomic mass is 35.5. The number of rotatable bonds is 5. The fraction of sp³-hybridized carbons (Fsp3) is 0.294. The van der Waals surface area contributed by atoms with Crippen molar-refractivity contribution in [2.45, 2.75) is 27.0 Å². The fourth-order valence-corrected chi connectivity index (χ4v) is 2.52. The van der Waals surface area contributed by atoms with Gasteiger partial charge >= 0.3 is 0 Å². The highest BCUT2D eigenvalue weighted by molar-refractivity contribution is 6.30. The van der Waals surface area contributed by atoms with Crippen molar-refractivity contribution in [3.63, 3.8) is 0 Å². The molecule has 0 aromatic heterocycles. The van der Waals surface area contributed by atoms with Gasteiger partial charge in [0.2, 0.25) is 0 Å². The molecule has 112 valence electrons. The number of benzene rings is 2. The molecule has 0 amide bonds. The van der Waals surface area contributed by atoms with E-state index < -0.39 is 0 Å². The van der Waals surface area contributed by atoms with E-state index in [2.05, 4.69) is 17.4 Å². The second-order valence-electron chi connectivity index (χ2n) is 5.11. The maximum absolute atomic E-state index is 13.7. The predicted molar refractivity (Wildman–Crippen MR) is 84.4 cm³/mol. The van der Waals surface area contributed by atoms with E-state index >= 15 is 0 Å². The zero-order valence-electron chi connectivity index (χ0n) is 12.5. The van der Waals surface area contributed by atoms with Crippen molar-refractivity contribution >= 4 is 11.6 Å². The topological polar surface area (TPSA) is 21.3 Å². The van der Waals surface area contributed by atoms with Crippen molar-refractivity contribution in [2.75, 3.05) is 7.05 Å². The number of nitrogens with one attached hydrogen (secondary N) is 1. The molecule has 4 heteroatoms. The molecule has 1 N–H and O–H groups in total. The van der Waals surface area contributed by atoms with Crippen LogP contribution in [0.1, 0.15) is 22.3 Å². The van der Waals surface area contributed by atoms with E-state index in [1.54, 1.807) is 12.1 Å². The Labute approximate surface area is 129 Å². The van der Waals surface area contributed by atoms with Crippen LogP contribution in [0.5, 0.6) is 5.75 Å². The van der Waals surface area contributed by atoms with Crippen LogP contribution in [0.15, 0.2) is 30.3 Å². The summed E-state index contributed by atoms with van der Waals surface area (Å²) >= 11 is 5.74. The molecule has 0 spiro atoms. The van der Waals surface area contributed by atoms with Crippen LogP contribution in [0.25, 0.3) is 0 Å². The maximum atomic E-state index is 13.7. The number of ether oxygens (including phenoxy) is 1. The van der Waals surface area contributed by atoms with Crippen LogP contribution in [-0.4, -0.2) is 7.05 Å². The van der Waals surface area contributed by atoms with Gasteiger partial charge in [0.25, 0.3) is 0 Å². The van der Waals surface area contributed by atoms with Gasteiger partial charge in [-0.25, -0.2) is 4.39 Å². The highest BCUT2D eigenvalue weighted by Crippen LogP contribution is 2.26. The molecule has 0 heterocycles. The smallest absolute Gasteiger partial charge is 0.131 e. The molecular weight excluding hydrogens is 289 g/mol. The summed E-state index contributed by atoms with van der Waals surface area (Å²) in [7, 11) is 1.92. The van der Waals surface area contributed by atoms with Crippen molar-refractivity contribution in [1.29, 1.82) is 0 Å². The van der Waals surface area contributed by atoms with Crippen molar-refractivity contribution in [1.82, 2.24) is 5.32 Å². The third-order valence-electron chi connectivity index (χ3n) is 3.29. The molecule has 0 aliphatic heterocycles. The van der Waals surface area contributed by atoms with Gasteiger partial charge < -0.3 is 10.1 Å². The van der Waals surface area contributed by atoms with E-state index in [0.717, 1.165) is 23.4 Å². The summed E-state index contributed by atoms with van der Waals surface area (Å²) in [5.41, 5.74) is 3.80. The zero-order chi connectivity index (χ0) is 15.4. The van der Waals surface area contributed by atoms with Crippen molar-refractivity contribution in [3.05, 3.63) is 63.4 Å². The Morgan fingerprint density at radius 3 is 2.38 bits per heavy atom. The molecular formula is C17H19ClFNO. The summed E-state index contributed by atoms with van der Waals surface area (Å²) in [6.45, 7) is 5.00. The Morgan fingerprint density at radius 2 is 1.81 bits per heavy atom. The Morgan fingerprint density at radius 1 is 1.14 bits per heavy atom. The van der Waals surface area contributed by atoms with Gasteiger partial charge in [-0.3, -0.25) is 0 Å². The van der Waals surface area contributed by atoms with Crippen molar-refractivity contribution < 1.29 is 9.13 Å². The molecule has 0 aliphatic carbocycles. The lowest BCUT2D eigenvalue weighted by molar-refractivity contribution is 0.295. The average molecular weight is 308 g/mol. The third-order valence-corrected chi connectivity index (χ3v) is 3.52. The van der Waals surface area contributed by atoms with E-state index in [9.17, 15) is 4.39 Å². The second-order valence-corrected chi connectivity index (χ2v) is 5.55. The summed E-state index contributed by atoms with van der Waals surface area (Å²) in [5, 5.41) is 3.51. The molecule has 2 aromatic rings. The van der Waals surface area contributed by atoms with Gasteiger partial charge in [-0.1, -0.05) is 29.8 Å². The first-order valence-electron chi connectivity index (χ1n) is 6.82. The highest BCUT2D eigenvalue weighted by Gasteiger charge is 2.09. The Hall–Kier alpha value is -1.58. The van der Waals surface area contributed by atoms with Crippen LogP contribution in [0.2, 0.25) is 5.02 Å². The standard InChI is InChI=1S/C17H19ClFNO/c1-11-6-13(9-20-3)7-12(2)17(11)21-10-14-4-5-15(18)8-16(14)19/h4-8,20H,9-10H2,1-3H3. The van der Waals surface area contributed by atoms with Crippen molar-refractivity contribution in [3.8, 4) is 5.75 Å². The molecule has 0 radical (unpaired) electrons. The summed E-state index contributed by atoms with van der Waals surface area (Å²) in [6, 6.07) is 8.78. The first-order valence-corrected chi connectivity index (χ1v) is 7.20.